The van der Waals surface area contributed by atoms with Gasteiger partial charge in [0.2, 0.25) is 0 Å². The topological polar surface area (TPSA) is 64.3 Å². The molecule has 26 heavy (non-hydrogen) atoms. The molecular formula is C21H24N2O3. The summed E-state index contributed by atoms with van der Waals surface area (Å²) in [7, 11) is 0. The van der Waals surface area contributed by atoms with Crippen molar-refractivity contribution in [3.63, 3.8) is 0 Å². The highest BCUT2D eigenvalue weighted by Gasteiger charge is 2.13. The zero-order valence-electron chi connectivity index (χ0n) is 15.3. The number of rotatable bonds is 6. The van der Waals surface area contributed by atoms with Crippen molar-refractivity contribution >= 4 is 10.8 Å². The van der Waals surface area contributed by atoms with Crippen LogP contribution in [0.4, 0.5) is 0 Å². The minimum Gasteiger partial charge on any atom is -0.491 e. The average Bonchev–Trinajstić information content (AvgIpc) is 2.62. The van der Waals surface area contributed by atoms with Gasteiger partial charge in [0.05, 0.1) is 18.1 Å². The molecule has 3 rings (SSSR count). The van der Waals surface area contributed by atoms with E-state index in [1.54, 1.807) is 12.3 Å². The smallest absolute Gasteiger partial charge is 0.274 e. The molecule has 1 heterocycles. The fraction of sp³-hybridized carbons (Fsp3) is 0.333. The van der Waals surface area contributed by atoms with Gasteiger partial charge >= 0.3 is 0 Å². The van der Waals surface area contributed by atoms with Crippen LogP contribution in [-0.2, 0) is 6.54 Å². The summed E-state index contributed by atoms with van der Waals surface area (Å²) in [5, 5.41) is 15.9. The number of aromatic nitrogens is 2. The summed E-state index contributed by atoms with van der Waals surface area (Å²) in [6.07, 6.45) is 0.809. The van der Waals surface area contributed by atoms with Crippen LogP contribution in [0.25, 0.3) is 10.8 Å². The Bertz CT molecular complexity index is 963. The van der Waals surface area contributed by atoms with Crippen molar-refractivity contribution in [2.24, 2.45) is 0 Å². The summed E-state index contributed by atoms with van der Waals surface area (Å²) in [6.45, 7) is 6.40. The van der Waals surface area contributed by atoms with E-state index in [4.69, 9.17) is 4.74 Å². The van der Waals surface area contributed by atoms with Crippen molar-refractivity contribution in [2.75, 3.05) is 6.61 Å². The summed E-state index contributed by atoms with van der Waals surface area (Å²) in [5.74, 6) is 1.10. The second kappa shape index (κ2) is 7.70. The Morgan fingerprint density at radius 3 is 2.73 bits per heavy atom. The molecule has 1 atom stereocenters. The first kappa shape index (κ1) is 18.1. The molecule has 5 nitrogen and oxygen atoms in total. The number of fused-ring (bicyclic) bond motifs is 1. The molecule has 0 aliphatic heterocycles. The van der Waals surface area contributed by atoms with E-state index in [1.807, 2.05) is 31.2 Å². The van der Waals surface area contributed by atoms with Crippen LogP contribution in [0.2, 0.25) is 0 Å². The summed E-state index contributed by atoms with van der Waals surface area (Å²) < 4.78 is 7.14. The lowest BCUT2D eigenvalue weighted by molar-refractivity contribution is 0.0875. The van der Waals surface area contributed by atoms with Gasteiger partial charge in [-0.25, -0.2) is 4.68 Å². The van der Waals surface area contributed by atoms with Gasteiger partial charge in [0, 0.05) is 5.39 Å². The number of aryl methyl sites for hydroxylation is 1. The molecule has 0 radical (unpaired) electrons. The first-order chi connectivity index (χ1) is 12.5. The quantitative estimate of drug-likeness (QED) is 0.739. The third kappa shape index (κ3) is 3.94. The first-order valence-electron chi connectivity index (χ1n) is 8.82. The van der Waals surface area contributed by atoms with E-state index < -0.39 is 6.10 Å². The number of benzene rings is 2. The Morgan fingerprint density at radius 1 is 1.19 bits per heavy atom. The molecular weight excluding hydrogens is 328 g/mol. The van der Waals surface area contributed by atoms with E-state index in [9.17, 15) is 9.90 Å². The van der Waals surface area contributed by atoms with Crippen LogP contribution in [0.5, 0.6) is 5.75 Å². The van der Waals surface area contributed by atoms with Crippen LogP contribution < -0.4 is 10.3 Å². The average molecular weight is 352 g/mol. The normalized spacial score (nSPS) is 12.5. The lowest BCUT2D eigenvalue weighted by Gasteiger charge is -2.17. The van der Waals surface area contributed by atoms with Gasteiger partial charge in [-0.3, -0.25) is 4.79 Å². The maximum atomic E-state index is 12.5. The maximum Gasteiger partial charge on any atom is 0.274 e. The molecule has 1 aromatic heterocycles. The molecule has 0 bridgehead atoms. The van der Waals surface area contributed by atoms with Gasteiger partial charge in [-0.15, -0.1) is 0 Å². The molecule has 0 spiro atoms. The van der Waals surface area contributed by atoms with Gasteiger partial charge in [-0.2, -0.15) is 5.10 Å². The third-order valence-corrected chi connectivity index (χ3v) is 4.37. The minimum atomic E-state index is -0.832. The van der Waals surface area contributed by atoms with Gasteiger partial charge in [-0.1, -0.05) is 44.2 Å². The van der Waals surface area contributed by atoms with Crippen LogP contribution in [0.1, 0.15) is 30.9 Å². The number of aliphatic hydroxyl groups excluding tert-OH is 1. The molecule has 0 saturated heterocycles. The Morgan fingerprint density at radius 2 is 1.96 bits per heavy atom. The zero-order chi connectivity index (χ0) is 18.7. The fourth-order valence-corrected chi connectivity index (χ4v) is 2.94. The van der Waals surface area contributed by atoms with Crippen molar-refractivity contribution in [3.05, 3.63) is 70.1 Å². The van der Waals surface area contributed by atoms with Crippen LogP contribution in [-0.4, -0.2) is 27.6 Å². The predicted molar refractivity (Wildman–Crippen MR) is 103 cm³/mol. The highest BCUT2D eigenvalue weighted by Crippen LogP contribution is 2.27. The first-order valence-corrected chi connectivity index (χ1v) is 8.82. The zero-order valence-corrected chi connectivity index (χ0v) is 15.3. The Kier molecular flexibility index (Phi) is 5.38. The number of nitrogens with zero attached hydrogens (tertiary/aromatic N) is 2. The lowest BCUT2D eigenvalue weighted by Crippen LogP contribution is -2.31. The summed E-state index contributed by atoms with van der Waals surface area (Å²) >= 11 is 0. The van der Waals surface area contributed by atoms with E-state index in [-0.39, 0.29) is 18.7 Å². The molecule has 0 unspecified atom stereocenters. The van der Waals surface area contributed by atoms with Crippen molar-refractivity contribution in [1.82, 2.24) is 9.78 Å². The minimum absolute atomic E-state index is 0.0898. The molecule has 0 saturated carbocycles. The van der Waals surface area contributed by atoms with Crippen LogP contribution in [0.3, 0.4) is 0 Å². The number of hydrogen-bond donors (Lipinski definition) is 1. The van der Waals surface area contributed by atoms with E-state index in [0.717, 1.165) is 22.3 Å². The Hall–Kier alpha value is -2.66. The highest BCUT2D eigenvalue weighted by molar-refractivity contribution is 5.80. The van der Waals surface area contributed by atoms with Crippen molar-refractivity contribution in [3.8, 4) is 5.75 Å². The SMILES string of the molecule is Cc1ccc(C(C)C)c(OC[C@H](O)Cn2ncc3ccccc3c2=O)c1. The predicted octanol–water partition coefficient (Wildman–Crippen LogP) is 3.27. The second-order valence-corrected chi connectivity index (χ2v) is 6.88. The van der Waals surface area contributed by atoms with Crippen molar-refractivity contribution in [2.45, 2.75) is 39.3 Å². The standard InChI is InChI=1S/C21H24N2O3/c1-14(2)18-9-8-15(3)10-20(18)26-13-17(24)12-23-21(25)19-7-5-4-6-16(19)11-22-23/h4-11,14,17,24H,12-13H2,1-3H3/t17-/m1/s1. The van der Waals surface area contributed by atoms with Crippen molar-refractivity contribution < 1.29 is 9.84 Å². The van der Waals surface area contributed by atoms with Crippen LogP contribution >= 0.6 is 0 Å². The van der Waals surface area contributed by atoms with E-state index in [0.29, 0.717) is 11.3 Å². The molecule has 1 N–H and O–H groups in total. The van der Waals surface area contributed by atoms with E-state index in [2.05, 4.69) is 31.1 Å². The molecule has 0 aliphatic rings. The summed E-state index contributed by atoms with van der Waals surface area (Å²) in [6, 6.07) is 13.4. The van der Waals surface area contributed by atoms with E-state index >= 15 is 0 Å². The van der Waals surface area contributed by atoms with Crippen molar-refractivity contribution in [1.29, 1.82) is 0 Å². The van der Waals surface area contributed by atoms with Crippen LogP contribution in [0.15, 0.2) is 53.5 Å². The van der Waals surface area contributed by atoms with Gasteiger partial charge < -0.3 is 9.84 Å². The fourth-order valence-electron chi connectivity index (χ4n) is 2.94. The number of aliphatic hydroxyl groups is 1. The highest BCUT2D eigenvalue weighted by atomic mass is 16.5. The summed E-state index contributed by atoms with van der Waals surface area (Å²) in [4.78, 5) is 12.5. The van der Waals surface area contributed by atoms with Gasteiger partial charge in [0.15, 0.2) is 0 Å². The lowest BCUT2D eigenvalue weighted by atomic mass is 10.0. The Labute approximate surface area is 152 Å². The third-order valence-electron chi connectivity index (χ3n) is 4.37. The number of ether oxygens (including phenoxy) is 1. The summed E-state index contributed by atoms with van der Waals surface area (Å²) in [5.41, 5.74) is 2.00. The second-order valence-electron chi connectivity index (χ2n) is 6.88. The largest absolute Gasteiger partial charge is 0.491 e. The maximum absolute atomic E-state index is 12.5. The molecule has 0 amide bonds. The molecule has 3 aromatic rings. The molecule has 2 aromatic carbocycles. The van der Waals surface area contributed by atoms with E-state index in [1.165, 1.54) is 4.68 Å². The van der Waals surface area contributed by atoms with Gasteiger partial charge in [-0.05, 0) is 36.1 Å². The monoisotopic (exact) mass is 352 g/mol. The van der Waals surface area contributed by atoms with Gasteiger partial charge in [0.1, 0.15) is 18.5 Å². The van der Waals surface area contributed by atoms with Gasteiger partial charge in [0.25, 0.3) is 5.56 Å². The van der Waals surface area contributed by atoms with Crippen LogP contribution in [0, 0.1) is 6.92 Å². The number of hydrogen-bond acceptors (Lipinski definition) is 4. The Balaban J connectivity index is 1.72. The molecule has 0 fully saturated rings. The molecule has 0 aliphatic carbocycles. The molecule has 5 heteroatoms. The molecule has 136 valence electrons.